The molecular weight excluding hydrogens is 437 g/mol. The van der Waals surface area contributed by atoms with Crippen molar-refractivity contribution in [2.75, 3.05) is 0 Å². The minimum Gasteiger partial charge on any atom is -1.00 e. The summed E-state index contributed by atoms with van der Waals surface area (Å²) in [5, 5.41) is 3.10. The van der Waals surface area contributed by atoms with Gasteiger partial charge in [0, 0.05) is 0 Å². The molecule has 1 aliphatic rings. The van der Waals surface area contributed by atoms with Crippen molar-refractivity contribution in [3.63, 3.8) is 0 Å². The topological polar surface area (TPSA) is 15.8 Å². The average Bonchev–Trinajstić information content (AvgIpc) is 3.08. The summed E-state index contributed by atoms with van der Waals surface area (Å²) in [6, 6.07) is 6.79. The van der Waals surface area contributed by atoms with Crippen LogP contribution in [0.1, 0.15) is 52.7 Å². The van der Waals surface area contributed by atoms with E-state index in [9.17, 15) is 0 Å². The Bertz CT molecular complexity index is 949. The molecule has 0 bridgehead atoms. The number of allylic oxidation sites excluding steroid dienone is 4. The molecule has 1 aliphatic carbocycles. The molecule has 1 nitrogen and oxygen atoms in total. The molecule has 0 aliphatic heterocycles. The maximum Gasteiger partial charge on any atom is -1.00 e. The molecule has 0 saturated heterocycles. The molecule has 1 aromatic heterocycles. The van der Waals surface area contributed by atoms with Crippen molar-refractivity contribution < 1.29 is 44.0 Å². The number of rotatable bonds is 2. The van der Waals surface area contributed by atoms with E-state index in [1.165, 1.54) is 20.5 Å². The normalized spacial score (nSPS) is 13.7. The SMILES string of the molecule is C[Si](C)=C1C=CC=[C]1[Ti+2][c]1[nH]c2cccc(C(C)(C)C)c2c1C(C)(C)C.[Cl-].[Cl-]. The first-order valence-electron chi connectivity index (χ1n) is 9.49. The first-order valence-corrected chi connectivity index (χ1v) is 13.5. The Kier molecular flexibility index (Phi) is 8.42. The van der Waals surface area contributed by atoms with E-state index < -0.39 is 8.41 Å². The van der Waals surface area contributed by atoms with Crippen LogP contribution in [0.5, 0.6) is 0 Å². The monoisotopic (exact) mass is 467 g/mol. The molecule has 0 atom stereocenters. The van der Waals surface area contributed by atoms with E-state index in [-0.39, 0.29) is 54.8 Å². The van der Waals surface area contributed by atoms with Gasteiger partial charge in [-0.3, -0.25) is 0 Å². The zero-order valence-corrected chi connectivity index (χ0v) is 22.3. The van der Waals surface area contributed by atoms with Crippen molar-refractivity contribution in [3.05, 3.63) is 51.4 Å². The van der Waals surface area contributed by atoms with Crippen molar-refractivity contribution in [1.82, 2.24) is 4.98 Å². The second kappa shape index (κ2) is 9.18. The van der Waals surface area contributed by atoms with Gasteiger partial charge in [-0.1, -0.05) is 0 Å². The molecule has 0 unspecified atom stereocenters. The Labute approximate surface area is 193 Å². The molecule has 5 heteroatoms. The maximum atomic E-state index is 3.85. The van der Waals surface area contributed by atoms with Gasteiger partial charge in [0.15, 0.2) is 0 Å². The first kappa shape index (κ1) is 25.7. The predicted molar refractivity (Wildman–Crippen MR) is 115 cm³/mol. The van der Waals surface area contributed by atoms with Gasteiger partial charge in [-0.25, -0.2) is 0 Å². The zero-order valence-electron chi connectivity index (χ0n) is 18.2. The third kappa shape index (κ3) is 5.02. The Morgan fingerprint density at radius 3 is 2.11 bits per heavy atom. The van der Waals surface area contributed by atoms with Gasteiger partial charge in [0.05, 0.1) is 0 Å². The van der Waals surface area contributed by atoms with E-state index in [1.54, 1.807) is 14.6 Å². The summed E-state index contributed by atoms with van der Waals surface area (Å²) in [6.07, 6.45) is 6.98. The van der Waals surface area contributed by atoms with Crippen LogP contribution in [0.25, 0.3) is 10.9 Å². The van der Waals surface area contributed by atoms with Crippen LogP contribution in [-0.2, 0) is 30.0 Å². The zero-order chi connectivity index (χ0) is 19.3. The van der Waals surface area contributed by atoms with Crippen molar-refractivity contribution in [3.8, 4) is 0 Å². The van der Waals surface area contributed by atoms with E-state index in [4.69, 9.17) is 0 Å². The van der Waals surface area contributed by atoms with Gasteiger partial charge in [0.2, 0.25) is 0 Å². The molecule has 0 fully saturated rings. The van der Waals surface area contributed by atoms with Gasteiger partial charge in [-0.2, -0.15) is 0 Å². The second-order valence-corrected chi connectivity index (χ2v) is 14.1. The Morgan fingerprint density at radius 1 is 0.929 bits per heavy atom. The average molecular weight is 468 g/mol. The fourth-order valence-electron chi connectivity index (χ4n) is 3.82. The molecule has 0 spiro atoms. The molecule has 1 heterocycles. The molecule has 1 N–H and O–H groups in total. The number of aromatic amines is 1. The second-order valence-electron chi connectivity index (χ2n) is 9.58. The van der Waals surface area contributed by atoms with Crippen LogP contribution in [0, 0.1) is 0 Å². The summed E-state index contributed by atoms with van der Waals surface area (Å²) < 4.78 is 3.14. The molecule has 0 saturated carbocycles. The van der Waals surface area contributed by atoms with Crippen LogP contribution in [0.2, 0.25) is 13.1 Å². The number of halogens is 2. The van der Waals surface area contributed by atoms with Gasteiger partial charge in [-0.05, 0) is 0 Å². The summed E-state index contributed by atoms with van der Waals surface area (Å²) in [5.41, 5.74) is 4.61. The number of H-pyrrole nitrogens is 1. The number of hydrogen-bond acceptors (Lipinski definition) is 0. The van der Waals surface area contributed by atoms with Crippen molar-refractivity contribution >= 4 is 28.5 Å². The van der Waals surface area contributed by atoms with Crippen molar-refractivity contribution in [2.24, 2.45) is 0 Å². The third-order valence-corrected chi connectivity index (χ3v) is 8.98. The fourth-order valence-corrected chi connectivity index (χ4v) is 8.62. The minimum atomic E-state index is -0.409. The molecule has 0 radical (unpaired) electrons. The number of fused-ring (bicyclic) bond motifs is 1. The van der Waals surface area contributed by atoms with Gasteiger partial charge < -0.3 is 24.8 Å². The summed E-state index contributed by atoms with van der Waals surface area (Å²) >= 11 is -0.369. The molecule has 150 valence electrons. The minimum absolute atomic E-state index is 0. The molecular formula is C23H31Cl2NSiTi. The summed E-state index contributed by atoms with van der Waals surface area (Å²) in [7, 11) is -0.409. The molecule has 0 amide bonds. The molecule has 28 heavy (non-hydrogen) atoms. The maximum absolute atomic E-state index is 3.85. The Hall–Kier alpha value is -0.379. The van der Waals surface area contributed by atoms with Gasteiger partial charge >= 0.3 is 170 Å². The van der Waals surface area contributed by atoms with Gasteiger partial charge in [0.25, 0.3) is 0 Å². The Morgan fingerprint density at radius 2 is 1.57 bits per heavy atom. The first-order chi connectivity index (χ1) is 12.0. The molecule has 3 rings (SSSR count). The van der Waals surface area contributed by atoms with E-state index in [0.717, 1.165) is 0 Å². The van der Waals surface area contributed by atoms with Crippen molar-refractivity contribution in [1.29, 1.82) is 0 Å². The smallest absolute Gasteiger partial charge is 1.00 e. The van der Waals surface area contributed by atoms with E-state index in [0.29, 0.717) is 0 Å². The predicted octanol–water partition coefficient (Wildman–Crippen LogP) is -0.559. The van der Waals surface area contributed by atoms with Gasteiger partial charge in [0.1, 0.15) is 0 Å². The van der Waals surface area contributed by atoms with Crippen LogP contribution in [0.3, 0.4) is 0 Å². The number of benzene rings is 1. The number of nitrogens with one attached hydrogen (secondary N) is 1. The summed E-state index contributed by atoms with van der Waals surface area (Å²) in [6.45, 7) is 18.9. The van der Waals surface area contributed by atoms with Crippen LogP contribution < -0.4 is 28.8 Å². The van der Waals surface area contributed by atoms with Crippen molar-refractivity contribution in [2.45, 2.75) is 65.5 Å². The standard InChI is InChI=1S/C16H22N.C7H9Si.2ClH.Ti/c1-15(2,3)11-8-7-9-13-14(11)12(10-17-13)16(4,5)6;1-8(2)7-5-3-4-6-7;;;/h7-9,17H,1-6H3;3-5H,1-2H3;2*1H;/q;;;;+2/p-2. The number of hydrogen-bond donors (Lipinski definition) is 1. The molecule has 1 aromatic carbocycles. The van der Waals surface area contributed by atoms with E-state index >= 15 is 0 Å². The molecule has 2 aromatic rings. The van der Waals surface area contributed by atoms with Crippen LogP contribution in [-0.4, -0.2) is 18.6 Å². The fraction of sp³-hybridized carbons (Fsp3) is 0.435. The van der Waals surface area contributed by atoms with Gasteiger partial charge in [-0.15, -0.1) is 0 Å². The third-order valence-electron chi connectivity index (χ3n) is 5.00. The van der Waals surface area contributed by atoms with E-state index in [1.807, 2.05) is 0 Å². The van der Waals surface area contributed by atoms with Crippen LogP contribution >= 0.6 is 0 Å². The summed E-state index contributed by atoms with van der Waals surface area (Å²) in [4.78, 5) is 3.85. The number of aromatic nitrogens is 1. The van der Waals surface area contributed by atoms with E-state index in [2.05, 4.69) is 96.0 Å². The largest absolute Gasteiger partial charge is 1.00 e. The van der Waals surface area contributed by atoms with Crippen LogP contribution in [0.15, 0.2) is 40.3 Å². The van der Waals surface area contributed by atoms with Crippen LogP contribution in [0.4, 0.5) is 0 Å². The Balaban J connectivity index is 0.00000196. The summed E-state index contributed by atoms with van der Waals surface area (Å²) in [5.74, 6) is 0. The quantitative estimate of drug-likeness (QED) is 0.570.